The molecule has 3 N–H and O–H groups in total. The van der Waals surface area contributed by atoms with E-state index >= 15 is 0 Å². The van der Waals surface area contributed by atoms with Crippen molar-refractivity contribution in [1.82, 2.24) is 0 Å². The Bertz CT molecular complexity index is 658. The molecule has 1 atom stereocenters. The molecule has 0 amide bonds. The molecule has 1 aliphatic heterocycles. The second-order valence-corrected chi connectivity index (χ2v) is 6.35. The Hall–Kier alpha value is -1.78. The number of hydrogen-bond acceptors (Lipinski definition) is 6. The number of halogens is 1. The Morgan fingerprint density at radius 2 is 2.24 bits per heavy atom. The van der Waals surface area contributed by atoms with E-state index in [0.29, 0.717) is 6.61 Å². The first-order valence-corrected chi connectivity index (χ1v) is 7.58. The van der Waals surface area contributed by atoms with Gasteiger partial charge in [-0.25, -0.2) is 17.9 Å². The Labute approximate surface area is 120 Å². The minimum atomic E-state index is -4.04. The topological polar surface area (TPSA) is 125 Å². The molecule has 1 aromatic rings. The highest BCUT2D eigenvalue weighted by molar-refractivity contribution is 7.89. The van der Waals surface area contributed by atoms with Gasteiger partial charge in [0, 0.05) is 19.1 Å². The molecule has 1 aromatic carbocycles. The molecule has 0 aliphatic carbocycles. The van der Waals surface area contributed by atoms with Crippen LogP contribution in [0.1, 0.15) is 6.42 Å². The Morgan fingerprint density at radius 1 is 1.52 bits per heavy atom. The van der Waals surface area contributed by atoms with Crippen LogP contribution in [0.2, 0.25) is 0 Å². The summed E-state index contributed by atoms with van der Waals surface area (Å²) in [6.07, 6.45) is 0.197. The smallest absolute Gasteiger partial charge is 0.293 e. The lowest BCUT2D eigenvalue weighted by Gasteiger charge is -2.18. The van der Waals surface area contributed by atoms with E-state index in [-0.39, 0.29) is 30.2 Å². The van der Waals surface area contributed by atoms with Crippen LogP contribution < -0.4 is 10.5 Å². The molecule has 1 unspecified atom stereocenters. The summed E-state index contributed by atoms with van der Waals surface area (Å²) in [4.78, 5) is 9.86. The van der Waals surface area contributed by atoms with E-state index < -0.39 is 26.3 Å². The van der Waals surface area contributed by atoms with E-state index in [1.807, 2.05) is 0 Å². The Morgan fingerprint density at radius 3 is 2.76 bits per heavy atom. The van der Waals surface area contributed by atoms with Gasteiger partial charge >= 0.3 is 0 Å². The number of nitrogens with zero attached hydrogens (tertiary/aromatic N) is 1. The first-order valence-electron chi connectivity index (χ1n) is 6.03. The molecule has 1 saturated heterocycles. The highest BCUT2D eigenvalue weighted by Gasteiger charge is 2.35. The number of rotatable bonds is 5. The van der Waals surface area contributed by atoms with E-state index in [0.717, 1.165) is 12.1 Å². The average molecular weight is 319 g/mol. The summed E-state index contributed by atoms with van der Waals surface area (Å²) in [6, 6.07) is 3.16. The maximum atomic E-state index is 14.1. The van der Waals surface area contributed by atoms with Gasteiger partial charge < -0.3 is 10.1 Å². The third kappa shape index (κ3) is 3.65. The third-order valence-electron chi connectivity index (χ3n) is 3.15. The normalized spacial score (nSPS) is 22.2. The molecule has 2 rings (SSSR count). The van der Waals surface area contributed by atoms with Gasteiger partial charge in [-0.3, -0.25) is 10.1 Å². The summed E-state index contributed by atoms with van der Waals surface area (Å²) in [5.41, 5.74) is -2.05. The molecular weight excluding hydrogens is 305 g/mol. The second-order valence-electron chi connectivity index (χ2n) is 4.79. The van der Waals surface area contributed by atoms with Gasteiger partial charge in [0.2, 0.25) is 10.0 Å². The number of hydrogen-bond donors (Lipinski definition) is 2. The number of nitrogens with two attached hydrogens (primary N) is 1. The zero-order valence-electron chi connectivity index (χ0n) is 10.9. The quantitative estimate of drug-likeness (QED) is 0.610. The third-order valence-corrected chi connectivity index (χ3v) is 4.06. The van der Waals surface area contributed by atoms with E-state index in [9.17, 15) is 22.9 Å². The standard InChI is InChI=1S/C11H14FN3O5S/c12-11(3-4-20-7-11)6-14-9-2-1-8(21(13,18)19)5-10(9)15(16)17/h1-2,5,14H,3-4,6-7H2,(H2,13,18,19). The molecule has 0 saturated carbocycles. The molecule has 8 nitrogen and oxygen atoms in total. The van der Waals surface area contributed by atoms with Crippen molar-refractivity contribution in [2.45, 2.75) is 17.0 Å². The van der Waals surface area contributed by atoms with Crippen LogP contribution in [0.3, 0.4) is 0 Å². The molecule has 0 spiro atoms. The molecular formula is C11H14FN3O5S. The maximum absolute atomic E-state index is 14.1. The lowest BCUT2D eigenvalue weighted by atomic mass is 10.1. The number of anilines is 1. The van der Waals surface area contributed by atoms with E-state index in [1.165, 1.54) is 6.07 Å². The number of nitrogens with one attached hydrogen (secondary N) is 1. The number of primary sulfonamides is 1. The predicted molar refractivity (Wildman–Crippen MR) is 72.2 cm³/mol. The summed E-state index contributed by atoms with van der Waals surface area (Å²) < 4.78 is 41.5. The molecule has 0 bridgehead atoms. The van der Waals surface area contributed by atoms with E-state index in [2.05, 4.69) is 5.32 Å². The fraction of sp³-hybridized carbons (Fsp3) is 0.455. The van der Waals surface area contributed by atoms with Crippen LogP contribution in [0.4, 0.5) is 15.8 Å². The van der Waals surface area contributed by atoms with Gasteiger partial charge in [-0.2, -0.15) is 0 Å². The van der Waals surface area contributed by atoms with E-state index in [4.69, 9.17) is 9.88 Å². The van der Waals surface area contributed by atoms with Crippen molar-refractivity contribution in [3.8, 4) is 0 Å². The zero-order chi connectivity index (χ0) is 15.7. The lowest BCUT2D eigenvalue weighted by Crippen LogP contribution is -2.32. The second kappa shape index (κ2) is 5.54. The summed E-state index contributed by atoms with van der Waals surface area (Å²) in [7, 11) is -4.04. The van der Waals surface area contributed by atoms with Crippen molar-refractivity contribution < 1.29 is 22.5 Å². The van der Waals surface area contributed by atoms with Gasteiger partial charge in [0.25, 0.3) is 5.69 Å². The van der Waals surface area contributed by atoms with E-state index in [1.54, 1.807) is 0 Å². The molecule has 21 heavy (non-hydrogen) atoms. The largest absolute Gasteiger partial charge is 0.378 e. The minimum absolute atomic E-state index is 0.0244. The van der Waals surface area contributed by atoms with Crippen LogP contribution in [0.5, 0.6) is 0 Å². The molecule has 116 valence electrons. The maximum Gasteiger partial charge on any atom is 0.293 e. The number of sulfonamides is 1. The molecule has 10 heteroatoms. The van der Waals surface area contributed by atoms with Crippen LogP contribution in [0.15, 0.2) is 23.1 Å². The highest BCUT2D eigenvalue weighted by Crippen LogP contribution is 2.29. The van der Waals surface area contributed by atoms with Crippen LogP contribution in [-0.4, -0.2) is 38.8 Å². The summed E-state index contributed by atoms with van der Waals surface area (Å²) in [5, 5.41) is 18.5. The van der Waals surface area contributed by atoms with Gasteiger partial charge in [0.1, 0.15) is 5.69 Å². The van der Waals surface area contributed by atoms with Crippen molar-refractivity contribution in [3.63, 3.8) is 0 Å². The molecule has 1 fully saturated rings. The van der Waals surface area contributed by atoms with Crippen molar-refractivity contribution in [2.24, 2.45) is 5.14 Å². The fourth-order valence-corrected chi connectivity index (χ4v) is 2.50. The number of alkyl halides is 1. The monoisotopic (exact) mass is 319 g/mol. The molecule has 0 radical (unpaired) electrons. The summed E-state index contributed by atoms with van der Waals surface area (Å²) in [6.45, 7) is 0.0518. The van der Waals surface area contributed by atoms with Gasteiger partial charge in [-0.15, -0.1) is 0 Å². The van der Waals surface area contributed by atoms with Gasteiger partial charge in [0.15, 0.2) is 5.67 Å². The van der Waals surface area contributed by atoms with Crippen molar-refractivity contribution in [1.29, 1.82) is 0 Å². The minimum Gasteiger partial charge on any atom is -0.378 e. The molecule has 1 aliphatic rings. The SMILES string of the molecule is NS(=O)(=O)c1ccc(NCC2(F)CCOC2)c([N+](=O)[O-])c1. The number of ether oxygens (including phenoxy) is 1. The zero-order valence-corrected chi connectivity index (χ0v) is 11.7. The average Bonchev–Trinajstić information content (AvgIpc) is 2.82. The molecule has 0 aromatic heterocycles. The first kappa shape index (κ1) is 15.6. The van der Waals surface area contributed by atoms with Crippen molar-refractivity contribution in [3.05, 3.63) is 28.3 Å². The van der Waals surface area contributed by atoms with Crippen LogP contribution in [0.25, 0.3) is 0 Å². The van der Waals surface area contributed by atoms with Crippen LogP contribution in [0, 0.1) is 10.1 Å². The summed E-state index contributed by atoms with van der Waals surface area (Å²) >= 11 is 0. The predicted octanol–water partition coefficient (Wildman–Crippen LogP) is 0.783. The van der Waals surface area contributed by atoms with Gasteiger partial charge in [-0.1, -0.05) is 0 Å². The lowest BCUT2D eigenvalue weighted by molar-refractivity contribution is -0.384. The molecule has 1 heterocycles. The number of nitro benzene ring substituents is 1. The van der Waals surface area contributed by atoms with Crippen molar-refractivity contribution >= 4 is 21.4 Å². The van der Waals surface area contributed by atoms with Gasteiger partial charge in [-0.05, 0) is 12.1 Å². The fourth-order valence-electron chi connectivity index (χ4n) is 1.96. The summed E-state index contributed by atoms with van der Waals surface area (Å²) in [5.74, 6) is 0. The van der Waals surface area contributed by atoms with Crippen LogP contribution >= 0.6 is 0 Å². The van der Waals surface area contributed by atoms with Crippen LogP contribution in [-0.2, 0) is 14.8 Å². The van der Waals surface area contributed by atoms with Crippen molar-refractivity contribution in [2.75, 3.05) is 25.1 Å². The van der Waals surface area contributed by atoms with Gasteiger partial charge in [0.05, 0.1) is 23.0 Å². The highest BCUT2D eigenvalue weighted by atomic mass is 32.2. The number of nitro groups is 1. The first-order chi connectivity index (χ1) is 9.71. The number of benzene rings is 1. The Balaban J connectivity index is 2.25. The Kier molecular flexibility index (Phi) is 4.12.